The van der Waals surface area contributed by atoms with Crippen molar-refractivity contribution in [1.29, 1.82) is 0 Å². The van der Waals surface area contributed by atoms with Crippen LogP contribution in [-0.2, 0) is 11.2 Å². The van der Waals surface area contributed by atoms with E-state index in [1.54, 1.807) is 18.3 Å². The largest absolute Gasteiger partial charge is 0.397 e. The third kappa shape index (κ3) is 3.45. The number of anilines is 1. The van der Waals surface area contributed by atoms with Gasteiger partial charge in [0.15, 0.2) is 0 Å². The van der Waals surface area contributed by atoms with Crippen molar-refractivity contribution in [2.45, 2.75) is 45.1 Å². The zero-order valence-electron chi connectivity index (χ0n) is 10.9. The Kier molecular flexibility index (Phi) is 4.18. The predicted octanol–water partition coefficient (Wildman–Crippen LogP) is 1.90. The molecule has 1 aliphatic rings. The van der Waals surface area contributed by atoms with Gasteiger partial charge in [0.1, 0.15) is 0 Å². The van der Waals surface area contributed by atoms with E-state index in [4.69, 9.17) is 5.73 Å². The van der Waals surface area contributed by atoms with Gasteiger partial charge < -0.3 is 11.1 Å². The first-order valence-electron chi connectivity index (χ1n) is 6.65. The van der Waals surface area contributed by atoms with Crippen LogP contribution in [0, 0.1) is 5.92 Å². The number of rotatable bonds is 4. The molecule has 1 aliphatic carbocycles. The third-order valence-electron chi connectivity index (χ3n) is 3.68. The van der Waals surface area contributed by atoms with Crippen LogP contribution in [-0.4, -0.2) is 16.9 Å². The molecule has 0 aliphatic heterocycles. The summed E-state index contributed by atoms with van der Waals surface area (Å²) in [6.07, 6.45) is 6.98. The lowest BCUT2D eigenvalue weighted by molar-refractivity contribution is -0.121. The second-order valence-electron chi connectivity index (χ2n) is 5.16. The van der Waals surface area contributed by atoms with Crippen molar-refractivity contribution in [3.8, 4) is 0 Å². The van der Waals surface area contributed by atoms with E-state index in [1.165, 1.54) is 25.7 Å². The highest BCUT2D eigenvalue weighted by Crippen LogP contribution is 2.27. The van der Waals surface area contributed by atoms with E-state index in [0.717, 1.165) is 5.69 Å². The summed E-state index contributed by atoms with van der Waals surface area (Å²) in [4.78, 5) is 16.0. The first-order valence-corrected chi connectivity index (χ1v) is 6.65. The van der Waals surface area contributed by atoms with E-state index in [2.05, 4.69) is 17.2 Å². The molecule has 0 radical (unpaired) electrons. The molecule has 98 valence electrons. The summed E-state index contributed by atoms with van der Waals surface area (Å²) < 4.78 is 0. The van der Waals surface area contributed by atoms with Crippen molar-refractivity contribution < 1.29 is 4.79 Å². The van der Waals surface area contributed by atoms with Gasteiger partial charge in [-0.05, 0) is 37.8 Å². The molecule has 1 atom stereocenters. The molecule has 1 fully saturated rings. The summed E-state index contributed by atoms with van der Waals surface area (Å²) >= 11 is 0. The van der Waals surface area contributed by atoms with Crippen molar-refractivity contribution in [3.63, 3.8) is 0 Å². The minimum atomic E-state index is 0.0478. The molecule has 3 N–H and O–H groups in total. The Labute approximate surface area is 108 Å². The number of carbonyl (C=O) groups excluding carboxylic acids is 1. The van der Waals surface area contributed by atoms with E-state index in [1.807, 2.05) is 0 Å². The lowest BCUT2D eigenvalue weighted by atomic mass is 10.00. The molecule has 0 aromatic carbocycles. The molecule has 18 heavy (non-hydrogen) atoms. The van der Waals surface area contributed by atoms with E-state index in [9.17, 15) is 4.79 Å². The summed E-state index contributed by atoms with van der Waals surface area (Å²) in [6.45, 7) is 2.10. The summed E-state index contributed by atoms with van der Waals surface area (Å²) in [6, 6.07) is 3.85. The number of pyridine rings is 1. The Morgan fingerprint density at radius 1 is 1.50 bits per heavy atom. The maximum atomic E-state index is 11.9. The second-order valence-corrected chi connectivity index (χ2v) is 5.16. The lowest BCUT2D eigenvalue weighted by Crippen LogP contribution is -2.38. The Balaban J connectivity index is 1.82. The number of nitrogen functional groups attached to an aromatic ring is 1. The number of nitrogens with two attached hydrogens (primary N) is 1. The van der Waals surface area contributed by atoms with Gasteiger partial charge in [-0.1, -0.05) is 12.8 Å². The van der Waals surface area contributed by atoms with Gasteiger partial charge in [0.05, 0.1) is 18.3 Å². The Bertz CT molecular complexity index is 396. The minimum absolute atomic E-state index is 0.0478. The smallest absolute Gasteiger partial charge is 0.226 e. The average molecular weight is 247 g/mol. The zero-order chi connectivity index (χ0) is 13.0. The second kappa shape index (κ2) is 5.85. The van der Waals surface area contributed by atoms with Crippen LogP contribution in [0.25, 0.3) is 0 Å². The quantitative estimate of drug-likeness (QED) is 0.854. The van der Waals surface area contributed by atoms with Crippen LogP contribution >= 0.6 is 0 Å². The number of carbonyl (C=O) groups is 1. The first-order chi connectivity index (χ1) is 8.65. The van der Waals surface area contributed by atoms with Gasteiger partial charge in [-0.15, -0.1) is 0 Å². The normalized spacial score (nSPS) is 17.6. The molecule has 0 spiro atoms. The monoisotopic (exact) mass is 247 g/mol. The van der Waals surface area contributed by atoms with E-state index in [0.29, 0.717) is 18.0 Å². The number of nitrogens with one attached hydrogen (secondary N) is 1. The Morgan fingerprint density at radius 3 is 2.83 bits per heavy atom. The molecule has 0 bridgehead atoms. The summed E-state index contributed by atoms with van der Waals surface area (Å²) in [5, 5.41) is 3.07. The molecular weight excluding hydrogens is 226 g/mol. The maximum Gasteiger partial charge on any atom is 0.226 e. The highest BCUT2D eigenvalue weighted by atomic mass is 16.1. The van der Waals surface area contributed by atoms with Gasteiger partial charge in [0.2, 0.25) is 5.91 Å². The van der Waals surface area contributed by atoms with Crippen LogP contribution in [0.1, 0.15) is 38.3 Å². The minimum Gasteiger partial charge on any atom is -0.397 e. The van der Waals surface area contributed by atoms with Gasteiger partial charge in [-0.25, -0.2) is 0 Å². The van der Waals surface area contributed by atoms with Crippen molar-refractivity contribution in [1.82, 2.24) is 10.3 Å². The molecule has 2 rings (SSSR count). The lowest BCUT2D eigenvalue weighted by Gasteiger charge is -2.20. The maximum absolute atomic E-state index is 11.9. The molecule has 1 aromatic rings. The number of hydrogen-bond donors (Lipinski definition) is 2. The van der Waals surface area contributed by atoms with Crippen molar-refractivity contribution >= 4 is 11.6 Å². The molecule has 1 aromatic heterocycles. The highest BCUT2D eigenvalue weighted by Gasteiger charge is 2.22. The fourth-order valence-electron chi connectivity index (χ4n) is 2.59. The fraction of sp³-hybridized carbons (Fsp3) is 0.571. The number of nitrogens with zero attached hydrogens (tertiary/aromatic N) is 1. The van der Waals surface area contributed by atoms with Crippen LogP contribution in [0.5, 0.6) is 0 Å². The van der Waals surface area contributed by atoms with Crippen LogP contribution in [0.15, 0.2) is 18.3 Å². The highest BCUT2D eigenvalue weighted by molar-refractivity contribution is 5.78. The Hall–Kier alpha value is -1.58. The van der Waals surface area contributed by atoms with Crippen LogP contribution < -0.4 is 11.1 Å². The third-order valence-corrected chi connectivity index (χ3v) is 3.68. The standard InChI is InChI=1S/C14H21N3O/c1-10(11-4-2-3-5-11)17-14(18)8-13-7-6-12(15)9-16-13/h6-7,9-11H,2-5,8,15H2,1H3,(H,17,18)/t10-/m1/s1. The molecule has 1 heterocycles. The molecular formula is C14H21N3O. The van der Waals surface area contributed by atoms with Gasteiger partial charge in [0.25, 0.3) is 0 Å². The van der Waals surface area contributed by atoms with E-state index >= 15 is 0 Å². The number of amides is 1. The van der Waals surface area contributed by atoms with Gasteiger partial charge >= 0.3 is 0 Å². The zero-order valence-corrected chi connectivity index (χ0v) is 10.9. The van der Waals surface area contributed by atoms with Gasteiger partial charge in [-0.3, -0.25) is 9.78 Å². The molecule has 4 heteroatoms. The first kappa shape index (κ1) is 12.9. The van der Waals surface area contributed by atoms with E-state index < -0.39 is 0 Å². The molecule has 1 saturated carbocycles. The SMILES string of the molecule is C[C@@H](NC(=O)Cc1ccc(N)cn1)C1CCCC1. The van der Waals surface area contributed by atoms with E-state index in [-0.39, 0.29) is 11.9 Å². The summed E-state index contributed by atoms with van der Waals surface area (Å²) in [5.41, 5.74) is 6.95. The molecule has 0 unspecified atom stereocenters. The van der Waals surface area contributed by atoms with Crippen molar-refractivity contribution in [2.24, 2.45) is 5.92 Å². The van der Waals surface area contributed by atoms with Crippen molar-refractivity contribution in [2.75, 3.05) is 5.73 Å². The summed E-state index contributed by atoms with van der Waals surface area (Å²) in [7, 11) is 0. The van der Waals surface area contributed by atoms with Crippen LogP contribution in [0.3, 0.4) is 0 Å². The fourth-order valence-corrected chi connectivity index (χ4v) is 2.59. The molecule has 1 amide bonds. The van der Waals surface area contributed by atoms with Gasteiger partial charge in [-0.2, -0.15) is 0 Å². The number of aromatic nitrogens is 1. The number of hydrogen-bond acceptors (Lipinski definition) is 3. The average Bonchev–Trinajstić information content (AvgIpc) is 2.85. The van der Waals surface area contributed by atoms with Crippen LogP contribution in [0.4, 0.5) is 5.69 Å². The Morgan fingerprint density at radius 2 is 2.22 bits per heavy atom. The topological polar surface area (TPSA) is 68.0 Å². The van der Waals surface area contributed by atoms with Crippen LogP contribution in [0.2, 0.25) is 0 Å². The predicted molar refractivity (Wildman–Crippen MR) is 71.9 cm³/mol. The van der Waals surface area contributed by atoms with Gasteiger partial charge in [0, 0.05) is 11.7 Å². The molecule has 4 nitrogen and oxygen atoms in total. The van der Waals surface area contributed by atoms with Crippen molar-refractivity contribution in [3.05, 3.63) is 24.0 Å². The molecule has 0 saturated heterocycles. The summed E-state index contributed by atoms with van der Waals surface area (Å²) in [5.74, 6) is 0.694.